The Labute approximate surface area is 292 Å². The van der Waals surface area contributed by atoms with E-state index in [1.165, 1.54) is 54.9 Å². The third-order valence-electron chi connectivity index (χ3n) is 9.72. The molecule has 2 atom stereocenters. The van der Waals surface area contributed by atoms with Crippen LogP contribution in [0.15, 0.2) is 193 Å². The molecule has 8 aromatic rings. The summed E-state index contributed by atoms with van der Waals surface area (Å²) in [4.78, 5) is 5.33. The molecule has 0 spiro atoms. The van der Waals surface area contributed by atoms with E-state index in [1.807, 2.05) is 0 Å². The van der Waals surface area contributed by atoms with Gasteiger partial charge in [0.25, 0.3) is 0 Å². The lowest BCUT2D eigenvalue weighted by Gasteiger charge is -2.33. The van der Waals surface area contributed by atoms with Gasteiger partial charge in [-0.15, -0.1) is 0 Å². The molecule has 1 aliphatic rings. The van der Waals surface area contributed by atoms with E-state index in [1.54, 1.807) is 0 Å². The molecule has 0 bridgehead atoms. The predicted octanol–water partition coefficient (Wildman–Crippen LogP) is 11.3. The van der Waals surface area contributed by atoms with Crippen LogP contribution in [0.1, 0.15) is 29.0 Å². The number of fused-ring (bicyclic) bond motifs is 3. The SMILES string of the molecule is c1ccc(-c2ccc(C3N=C(c4ccc5c(ccc6ccccc65)c4)NC(c4cc(-c5ccccc5)cc(-c5ccccc5)c4)N3)cc2)cc1. The van der Waals surface area contributed by atoms with Crippen LogP contribution in [0.2, 0.25) is 0 Å². The van der Waals surface area contributed by atoms with Crippen LogP contribution >= 0.6 is 0 Å². The lowest BCUT2D eigenvalue weighted by atomic mass is 9.94. The van der Waals surface area contributed by atoms with Crippen molar-refractivity contribution in [3.63, 3.8) is 0 Å². The first-order valence-corrected chi connectivity index (χ1v) is 17.2. The van der Waals surface area contributed by atoms with E-state index in [2.05, 4.69) is 199 Å². The van der Waals surface area contributed by atoms with E-state index in [4.69, 9.17) is 4.99 Å². The molecule has 0 aliphatic carbocycles. The zero-order valence-electron chi connectivity index (χ0n) is 27.5. The Morgan fingerprint density at radius 2 is 0.880 bits per heavy atom. The quantitative estimate of drug-likeness (QED) is 0.177. The Balaban J connectivity index is 1.16. The first-order valence-electron chi connectivity index (χ1n) is 17.2. The molecule has 1 aliphatic heterocycles. The predicted molar refractivity (Wildman–Crippen MR) is 209 cm³/mol. The lowest BCUT2D eigenvalue weighted by molar-refractivity contribution is 0.409. The minimum absolute atomic E-state index is 0.195. The summed E-state index contributed by atoms with van der Waals surface area (Å²) in [6.07, 6.45) is -0.450. The van der Waals surface area contributed by atoms with Gasteiger partial charge in [0.05, 0.1) is 0 Å². The van der Waals surface area contributed by atoms with E-state index < -0.39 is 0 Å². The fourth-order valence-electron chi connectivity index (χ4n) is 7.11. The second-order valence-corrected chi connectivity index (χ2v) is 12.9. The number of benzene rings is 8. The first-order chi connectivity index (χ1) is 24.7. The van der Waals surface area contributed by atoms with Crippen LogP contribution in [-0.4, -0.2) is 5.84 Å². The highest BCUT2D eigenvalue weighted by atomic mass is 15.3. The maximum absolute atomic E-state index is 5.33. The lowest BCUT2D eigenvalue weighted by Crippen LogP contribution is -2.45. The smallest absolute Gasteiger partial charge is 0.131 e. The summed E-state index contributed by atoms with van der Waals surface area (Å²) < 4.78 is 0. The minimum Gasteiger partial charge on any atom is -0.350 e. The van der Waals surface area contributed by atoms with Crippen LogP contribution in [0, 0.1) is 0 Å². The average molecular weight is 642 g/mol. The molecule has 0 saturated carbocycles. The molecule has 2 N–H and O–H groups in total. The van der Waals surface area contributed by atoms with Crippen molar-refractivity contribution >= 4 is 27.4 Å². The van der Waals surface area contributed by atoms with Gasteiger partial charge in [0.1, 0.15) is 18.2 Å². The normalized spacial score (nSPS) is 15.8. The van der Waals surface area contributed by atoms with Gasteiger partial charge in [0, 0.05) is 5.56 Å². The Kier molecular flexibility index (Phi) is 7.73. The molecule has 0 fully saturated rings. The summed E-state index contributed by atoms with van der Waals surface area (Å²) in [7, 11) is 0. The molecule has 8 aromatic carbocycles. The number of hydrogen-bond donors (Lipinski definition) is 2. The van der Waals surface area contributed by atoms with Crippen molar-refractivity contribution < 1.29 is 0 Å². The highest BCUT2D eigenvalue weighted by Crippen LogP contribution is 2.34. The summed E-state index contributed by atoms with van der Waals surface area (Å²) in [6, 6.07) is 67.2. The Morgan fingerprint density at radius 1 is 0.360 bits per heavy atom. The third-order valence-corrected chi connectivity index (χ3v) is 9.72. The molecule has 1 heterocycles. The molecule has 3 heteroatoms. The summed E-state index contributed by atoms with van der Waals surface area (Å²) in [5.41, 5.74) is 10.4. The standard InChI is InChI=1S/C47H35N3/c1-4-12-32(13-5-1)35-20-23-37(24-21-35)45-48-46(39-26-27-44-38(28-39)25-22-36-18-10-11-19-43(36)44)50-47(49-45)42-30-40(33-14-6-2-7-15-33)29-41(31-42)34-16-8-3-9-17-34/h1-31,45,47,49H,(H,48,50). The van der Waals surface area contributed by atoms with Crippen molar-refractivity contribution in [3.8, 4) is 33.4 Å². The van der Waals surface area contributed by atoms with Crippen molar-refractivity contribution in [2.45, 2.75) is 12.3 Å². The van der Waals surface area contributed by atoms with Crippen LogP contribution in [0.5, 0.6) is 0 Å². The zero-order valence-corrected chi connectivity index (χ0v) is 27.5. The van der Waals surface area contributed by atoms with Crippen LogP contribution in [0.25, 0.3) is 54.9 Å². The molecule has 0 radical (unpaired) electrons. The number of hydrogen-bond acceptors (Lipinski definition) is 3. The molecular formula is C47H35N3. The van der Waals surface area contributed by atoms with Gasteiger partial charge in [-0.2, -0.15) is 0 Å². The van der Waals surface area contributed by atoms with Crippen molar-refractivity contribution in [1.29, 1.82) is 0 Å². The number of nitrogens with zero attached hydrogens (tertiary/aromatic N) is 1. The number of rotatable bonds is 6. The van der Waals surface area contributed by atoms with E-state index in [0.29, 0.717) is 0 Å². The Bertz CT molecular complexity index is 2410. The van der Waals surface area contributed by atoms with Gasteiger partial charge < -0.3 is 5.32 Å². The Hall–Kier alpha value is -6.29. The van der Waals surface area contributed by atoms with E-state index >= 15 is 0 Å². The highest BCUT2D eigenvalue weighted by molar-refractivity contribution is 6.10. The Morgan fingerprint density at radius 3 is 1.54 bits per heavy atom. The summed E-state index contributed by atoms with van der Waals surface area (Å²) in [6.45, 7) is 0. The van der Waals surface area contributed by atoms with Crippen molar-refractivity contribution in [1.82, 2.24) is 10.6 Å². The van der Waals surface area contributed by atoms with Crippen LogP contribution in [0.4, 0.5) is 0 Å². The van der Waals surface area contributed by atoms with Crippen molar-refractivity contribution in [2.24, 2.45) is 4.99 Å². The van der Waals surface area contributed by atoms with E-state index in [9.17, 15) is 0 Å². The molecule has 50 heavy (non-hydrogen) atoms. The summed E-state index contributed by atoms with van der Waals surface area (Å²) in [5.74, 6) is 0.868. The van der Waals surface area contributed by atoms with Gasteiger partial charge in [0.15, 0.2) is 0 Å². The fourth-order valence-corrected chi connectivity index (χ4v) is 7.11. The molecular weight excluding hydrogens is 607 g/mol. The van der Waals surface area contributed by atoms with Gasteiger partial charge in [0.2, 0.25) is 0 Å². The average Bonchev–Trinajstić information content (AvgIpc) is 3.21. The molecule has 2 unspecified atom stereocenters. The van der Waals surface area contributed by atoms with Crippen LogP contribution in [0.3, 0.4) is 0 Å². The zero-order chi connectivity index (χ0) is 33.3. The van der Waals surface area contributed by atoms with E-state index in [-0.39, 0.29) is 12.3 Å². The second kappa shape index (κ2) is 13.0. The fraction of sp³-hybridized carbons (Fsp3) is 0.0426. The maximum atomic E-state index is 5.33. The molecule has 0 aromatic heterocycles. The molecule has 3 nitrogen and oxygen atoms in total. The van der Waals surface area contributed by atoms with E-state index in [0.717, 1.165) is 22.5 Å². The first kappa shape index (κ1) is 29.8. The largest absolute Gasteiger partial charge is 0.350 e. The second-order valence-electron chi connectivity index (χ2n) is 12.9. The number of amidine groups is 1. The summed E-state index contributed by atoms with van der Waals surface area (Å²) >= 11 is 0. The van der Waals surface area contributed by atoms with Crippen LogP contribution < -0.4 is 10.6 Å². The topological polar surface area (TPSA) is 36.4 Å². The van der Waals surface area contributed by atoms with Gasteiger partial charge in [-0.25, -0.2) is 4.99 Å². The van der Waals surface area contributed by atoms with Gasteiger partial charge in [-0.3, -0.25) is 5.32 Å². The van der Waals surface area contributed by atoms with Gasteiger partial charge in [-0.1, -0.05) is 164 Å². The van der Waals surface area contributed by atoms with Gasteiger partial charge >= 0.3 is 0 Å². The van der Waals surface area contributed by atoms with Crippen molar-refractivity contribution in [3.05, 3.63) is 205 Å². The molecule has 0 amide bonds. The van der Waals surface area contributed by atoms with Crippen LogP contribution in [-0.2, 0) is 0 Å². The summed E-state index contributed by atoms with van der Waals surface area (Å²) in [5, 5.41) is 12.6. The monoisotopic (exact) mass is 641 g/mol. The minimum atomic E-state index is -0.256. The molecule has 9 rings (SSSR count). The number of nitrogens with one attached hydrogen (secondary N) is 2. The third kappa shape index (κ3) is 5.85. The van der Waals surface area contributed by atoms with Crippen molar-refractivity contribution in [2.75, 3.05) is 0 Å². The molecule has 238 valence electrons. The number of aliphatic imine (C=N–C) groups is 1. The highest BCUT2D eigenvalue weighted by Gasteiger charge is 2.26. The molecule has 0 saturated heterocycles. The maximum Gasteiger partial charge on any atom is 0.131 e. The van der Waals surface area contributed by atoms with Gasteiger partial charge in [-0.05, 0) is 90.3 Å².